The number of hydrogen-bond donors (Lipinski definition) is 1. The first-order valence-corrected chi connectivity index (χ1v) is 7.93. The highest BCUT2D eigenvalue weighted by atomic mass is 35.5. The van der Waals surface area contributed by atoms with Crippen molar-refractivity contribution in [1.29, 1.82) is 0 Å². The van der Waals surface area contributed by atoms with Crippen LogP contribution in [0.25, 0.3) is 0 Å². The molecule has 1 saturated heterocycles. The molecule has 0 bridgehead atoms. The normalized spacial score (nSPS) is 20.5. The van der Waals surface area contributed by atoms with Gasteiger partial charge in [-0.05, 0) is 25.8 Å². The maximum atomic E-state index is 12.2. The SMILES string of the molecule is CCCCS(=O)(=O)N(CCC)C1CCNC1.Cl. The lowest BCUT2D eigenvalue weighted by atomic mass is 10.2. The fourth-order valence-corrected chi connectivity index (χ4v) is 4.08. The molecule has 1 unspecified atom stereocenters. The van der Waals surface area contributed by atoms with E-state index in [1.54, 1.807) is 4.31 Å². The van der Waals surface area contributed by atoms with Crippen LogP contribution < -0.4 is 5.32 Å². The van der Waals surface area contributed by atoms with Crippen LogP contribution in [0.15, 0.2) is 0 Å². The Morgan fingerprint density at radius 2 is 2.00 bits per heavy atom. The summed E-state index contributed by atoms with van der Waals surface area (Å²) in [5.74, 6) is 0.306. The van der Waals surface area contributed by atoms with E-state index in [0.29, 0.717) is 12.3 Å². The fraction of sp³-hybridized carbons (Fsp3) is 1.00. The maximum absolute atomic E-state index is 12.2. The molecule has 0 aromatic carbocycles. The monoisotopic (exact) mass is 284 g/mol. The molecule has 0 spiro atoms. The van der Waals surface area contributed by atoms with Gasteiger partial charge in [0.1, 0.15) is 0 Å². The first-order chi connectivity index (χ1) is 7.61. The predicted molar refractivity (Wildman–Crippen MR) is 74.2 cm³/mol. The molecule has 0 aliphatic carbocycles. The molecule has 0 aromatic rings. The van der Waals surface area contributed by atoms with Crippen LogP contribution in [0.5, 0.6) is 0 Å². The van der Waals surface area contributed by atoms with E-state index in [1.165, 1.54) is 0 Å². The zero-order valence-corrected chi connectivity index (χ0v) is 12.4. The minimum atomic E-state index is -3.04. The van der Waals surface area contributed by atoms with E-state index in [4.69, 9.17) is 0 Å². The van der Waals surface area contributed by atoms with Gasteiger partial charge in [0.05, 0.1) is 5.75 Å². The topological polar surface area (TPSA) is 49.4 Å². The third-order valence-corrected chi connectivity index (χ3v) is 5.00. The molecule has 1 heterocycles. The van der Waals surface area contributed by atoms with E-state index in [9.17, 15) is 8.42 Å². The molecule has 0 saturated carbocycles. The Morgan fingerprint density at radius 3 is 2.47 bits per heavy atom. The predicted octanol–water partition coefficient (Wildman–Crippen LogP) is 1.61. The van der Waals surface area contributed by atoms with Crippen LogP contribution in [0, 0.1) is 0 Å². The second kappa shape index (κ2) is 8.29. The van der Waals surface area contributed by atoms with Crippen LogP contribution in [0.1, 0.15) is 39.5 Å². The Bertz CT molecular complexity index is 290. The van der Waals surface area contributed by atoms with Crippen molar-refractivity contribution in [2.45, 2.75) is 45.6 Å². The van der Waals surface area contributed by atoms with Gasteiger partial charge in [0.2, 0.25) is 10.0 Å². The lowest BCUT2D eigenvalue weighted by Gasteiger charge is -2.27. The van der Waals surface area contributed by atoms with Crippen molar-refractivity contribution >= 4 is 22.4 Å². The van der Waals surface area contributed by atoms with Crippen molar-refractivity contribution in [3.63, 3.8) is 0 Å². The number of nitrogens with zero attached hydrogens (tertiary/aromatic N) is 1. The minimum Gasteiger partial charge on any atom is -0.315 e. The third-order valence-electron chi connectivity index (χ3n) is 3.00. The van der Waals surface area contributed by atoms with Crippen molar-refractivity contribution in [2.24, 2.45) is 0 Å². The molecule has 17 heavy (non-hydrogen) atoms. The second-order valence-corrected chi connectivity index (χ2v) is 6.47. The minimum absolute atomic E-state index is 0. The van der Waals surface area contributed by atoms with Crippen molar-refractivity contribution in [2.75, 3.05) is 25.4 Å². The summed E-state index contributed by atoms with van der Waals surface area (Å²) in [5, 5.41) is 3.23. The van der Waals surface area contributed by atoms with Gasteiger partial charge in [-0.3, -0.25) is 0 Å². The summed E-state index contributed by atoms with van der Waals surface area (Å²) in [6.45, 7) is 6.47. The lowest BCUT2D eigenvalue weighted by Crippen LogP contribution is -2.43. The van der Waals surface area contributed by atoms with Crippen LogP contribution in [-0.4, -0.2) is 44.2 Å². The summed E-state index contributed by atoms with van der Waals surface area (Å²) in [5.41, 5.74) is 0. The van der Waals surface area contributed by atoms with Crippen LogP contribution in [-0.2, 0) is 10.0 Å². The Hall–Kier alpha value is 0.160. The van der Waals surface area contributed by atoms with Crippen LogP contribution in [0.3, 0.4) is 0 Å². The van der Waals surface area contributed by atoms with E-state index < -0.39 is 10.0 Å². The molecule has 1 atom stereocenters. The molecule has 1 aliphatic heterocycles. The Kier molecular flexibility index (Phi) is 8.37. The number of nitrogens with one attached hydrogen (secondary N) is 1. The average molecular weight is 285 g/mol. The van der Waals surface area contributed by atoms with E-state index in [1.807, 2.05) is 13.8 Å². The molecule has 104 valence electrons. The van der Waals surface area contributed by atoms with Gasteiger partial charge in [0.25, 0.3) is 0 Å². The molecule has 1 rings (SSSR count). The molecular formula is C11H25ClN2O2S. The Labute approximate surface area is 112 Å². The van der Waals surface area contributed by atoms with Gasteiger partial charge in [0.15, 0.2) is 0 Å². The summed E-state index contributed by atoms with van der Waals surface area (Å²) < 4.78 is 26.1. The van der Waals surface area contributed by atoms with Crippen molar-refractivity contribution in [3.05, 3.63) is 0 Å². The van der Waals surface area contributed by atoms with Gasteiger partial charge in [0, 0.05) is 19.1 Å². The molecule has 0 radical (unpaired) electrons. The highest BCUT2D eigenvalue weighted by Crippen LogP contribution is 2.15. The Balaban J connectivity index is 0.00000256. The highest BCUT2D eigenvalue weighted by molar-refractivity contribution is 7.89. The van der Waals surface area contributed by atoms with Crippen molar-refractivity contribution in [3.8, 4) is 0 Å². The number of rotatable bonds is 7. The third kappa shape index (κ3) is 5.12. The first kappa shape index (κ1) is 17.2. The summed E-state index contributed by atoms with van der Waals surface area (Å²) in [4.78, 5) is 0. The van der Waals surface area contributed by atoms with Gasteiger partial charge in [-0.15, -0.1) is 12.4 Å². The number of unbranched alkanes of at least 4 members (excludes halogenated alkanes) is 1. The quantitative estimate of drug-likeness (QED) is 0.773. The largest absolute Gasteiger partial charge is 0.315 e. The summed E-state index contributed by atoms with van der Waals surface area (Å²) in [6, 6.07) is 0.182. The van der Waals surface area contributed by atoms with Crippen LogP contribution >= 0.6 is 12.4 Å². The number of sulfonamides is 1. The van der Waals surface area contributed by atoms with E-state index in [-0.39, 0.29) is 18.4 Å². The smallest absolute Gasteiger partial charge is 0.214 e. The molecule has 1 fully saturated rings. The van der Waals surface area contributed by atoms with E-state index >= 15 is 0 Å². The van der Waals surface area contributed by atoms with Crippen LogP contribution in [0.2, 0.25) is 0 Å². The first-order valence-electron chi connectivity index (χ1n) is 6.32. The summed E-state index contributed by atoms with van der Waals surface area (Å²) in [7, 11) is -3.04. The van der Waals surface area contributed by atoms with Gasteiger partial charge >= 0.3 is 0 Å². The van der Waals surface area contributed by atoms with Crippen molar-refractivity contribution < 1.29 is 8.42 Å². The number of halogens is 1. The average Bonchev–Trinajstić information content (AvgIpc) is 2.76. The highest BCUT2D eigenvalue weighted by Gasteiger charge is 2.30. The summed E-state index contributed by atoms with van der Waals surface area (Å²) in [6.07, 6.45) is 3.54. The van der Waals surface area contributed by atoms with Crippen LogP contribution in [0.4, 0.5) is 0 Å². The zero-order chi connectivity index (χ0) is 12.0. The standard InChI is InChI=1S/C11H24N2O2S.ClH/c1-3-5-9-16(14,15)13(8-4-2)11-6-7-12-10-11;/h11-12H,3-10H2,1-2H3;1H. The molecule has 4 nitrogen and oxygen atoms in total. The second-order valence-electron chi connectivity index (χ2n) is 4.43. The lowest BCUT2D eigenvalue weighted by molar-refractivity contribution is 0.334. The molecule has 6 heteroatoms. The fourth-order valence-electron chi connectivity index (χ4n) is 2.10. The summed E-state index contributed by atoms with van der Waals surface area (Å²) >= 11 is 0. The molecule has 1 aliphatic rings. The zero-order valence-electron chi connectivity index (χ0n) is 10.8. The van der Waals surface area contributed by atoms with Gasteiger partial charge in [-0.2, -0.15) is 4.31 Å². The van der Waals surface area contributed by atoms with Crippen molar-refractivity contribution in [1.82, 2.24) is 9.62 Å². The molecule has 0 aromatic heterocycles. The number of hydrogen-bond acceptors (Lipinski definition) is 3. The molecule has 1 N–H and O–H groups in total. The van der Waals surface area contributed by atoms with E-state index in [0.717, 1.165) is 38.8 Å². The molecule has 0 amide bonds. The van der Waals surface area contributed by atoms with Gasteiger partial charge in [-0.25, -0.2) is 8.42 Å². The molecular weight excluding hydrogens is 260 g/mol. The Morgan fingerprint density at radius 1 is 1.29 bits per heavy atom. The van der Waals surface area contributed by atoms with Gasteiger partial charge in [-0.1, -0.05) is 20.3 Å². The van der Waals surface area contributed by atoms with Gasteiger partial charge < -0.3 is 5.32 Å². The van der Waals surface area contributed by atoms with E-state index in [2.05, 4.69) is 5.32 Å². The maximum Gasteiger partial charge on any atom is 0.214 e.